The zero-order chi connectivity index (χ0) is 23.3. The average molecular weight is 439 g/mol. The van der Waals surface area contributed by atoms with Crippen molar-refractivity contribution in [2.45, 2.75) is 58.4 Å². The van der Waals surface area contributed by atoms with E-state index in [0.29, 0.717) is 30.4 Å². The maximum Gasteiger partial charge on any atom is 0.220 e. The number of nitrogens with zero attached hydrogens (tertiary/aromatic N) is 1. The molecule has 174 valence electrons. The van der Waals surface area contributed by atoms with Crippen LogP contribution in [-0.2, 0) is 16.6 Å². The lowest BCUT2D eigenvalue weighted by Crippen LogP contribution is -2.53. The lowest BCUT2D eigenvalue weighted by molar-refractivity contribution is -0.122. The standard InChI is InChI=1S/C27H38N2O3/c1-19(2)25(28-26(32)13-10-21-8-11-23(30)12-9-21)18-29-15-14-27(4,20(3)17-29)22-6-5-7-24(31)16-22/h5-9,11-12,16,19-20,25,30-31H,10,13-15,17-18H2,1-4H3,(H,28,32)/t20-,25?,27+/m0/s1. The van der Waals surface area contributed by atoms with Gasteiger partial charge in [-0.2, -0.15) is 0 Å². The summed E-state index contributed by atoms with van der Waals surface area (Å²) in [4.78, 5) is 15.1. The van der Waals surface area contributed by atoms with Crippen LogP contribution in [0.4, 0.5) is 0 Å². The number of amides is 1. The molecule has 0 saturated carbocycles. The van der Waals surface area contributed by atoms with Gasteiger partial charge in [-0.1, -0.05) is 52.0 Å². The van der Waals surface area contributed by atoms with Crippen molar-refractivity contribution in [3.05, 3.63) is 59.7 Å². The summed E-state index contributed by atoms with van der Waals surface area (Å²) in [6.07, 6.45) is 2.14. The number of rotatable bonds is 8. The van der Waals surface area contributed by atoms with Gasteiger partial charge in [-0.15, -0.1) is 0 Å². The molecule has 1 unspecified atom stereocenters. The maximum absolute atomic E-state index is 12.6. The van der Waals surface area contributed by atoms with Gasteiger partial charge in [0.25, 0.3) is 0 Å². The molecule has 5 nitrogen and oxygen atoms in total. The topological polar surface area (TPSA) is 72.8 Å². The minimum atomic E-state index is 0.0376. The first-order chi connectivity index (χ1) is 15.2. The monoisotopic (exact) mass is 438 g/mol. The predicted octanol–water partition coefficient (Wildman–Crippen LogP) is 4.47. The van der Waals surface area contributed by atoms with E-state index in [1.165, 1.54) is 5.56 Å². The van der Waals surface area contributed by atoms with Crippen molar-refractivity contribution in [2.75, 3.05) is 19.6 Å². The van der Waals surface area contributed by atoms with Crippen LogP contribution in [0.15, 0.2) is 48.5 Å². The van der Waals surface area contributed by atoms with E-state index in [4.69, 9.17) is 0 Å². The van der Waals surface area contributed by atoms with Crippen molar-refractivity contribution >= 4 is 5.91 Å². The summed E-state index contributed by atoms with van der Waals surface area (Å²) < 4.78 is 0. The summed E-state index contributed by atoms with van der Waals surface area (Å²) in [6, 6.07) is 14.8. The Morgan fingerprint density at radius 1 is 1.16 bits per heavy atom. The van der Waals surface area contributed by atoms with Crippen LogP contribution in [-0.4, -0.2) is 46.7 Å². The lowest BCUT2D eigenvalue weighted by atomic mass is 9.68. The van der Waals surface area contributed by atoms with Crippen LogP contribution in [0.2, 0.25) is 0 Å². The number of likely N-dealkylation sites (tertiary alicyclic amines) is 1. The highest BCUT2D eigenvalue weighted by molar-refractivity contribution is 5.76. The Morgan fingerprint density at radius 3 is 2.50 bits per heavy atom. The second-order valence-electron chi connectivity index (χ2n) is 9.96. The van der Waals surface area contributed by atoms with Crippen LogP contribution in [0.5, 0.6) is 11.5 Å². The van der Waals surface area contributed by atoms with E-state index in [2.05, 4.69) is 44.0 Å². The van der Waals surface area contributed by atoms with Crippen molar-refractivity contribution in [3.8, 4) is 11.5 Å². The molecular weight excluding hydrogens is 400 g/mol. The number of carbonyl (C=O) groups is 1. The fraction of sp³-hybridized carbons (Fsp3) is 0.519. The van der Waals surface area contributed by atoms with Crippen molar-refractivity contribution in [3.63, 3.8) is 0 Å². The first-order valence-electron chi connectivity index (χ1n) is 11.8. The van der Waals surface area contributed by atoms with E-state index in [1.54, 1.807) is 18.2 Å². The predicted molar refractivity (Wildman–Crippen MR) is 129 cm³/mol. The molecule has 1 aliphatic heterocycles. The average Bonchev–Trinajstić information content (AvgIpc) is 2.75. The molecule has 1 aliphatic rings. The Morgan fingerprint density at radius 2 is 1.88 bits per heavy atom. The molecule has 0 bridgehead atoms. The summed E-state index contributed by atoms with van der Waals surface area (Å²) in [7, 11) is 0. The van der Waals surface area contributed by atoms with Crippen LogP contribution >= 0.6 is 0 Å². The first kappa shape index (κ1) is 24.1. The number of phenols is 2. The third kappa shape index (κ3) is 6.04. The smallest absolute Gasteiger partial charge is 0.220 e. The van der Waals surface area contributed by atoms with Gasteiger partial charge >= 0.3 is 0 Å². The fourth-order valence-corrected chi connectivity index (χ4v) is 4.67. The lowest BCUT2D eigenvalue weighted by Gasteiger charge is -2.46. The number of piperidine rings is 1. The van der Waals surface area contributed by atoms with E-state index in [0.717, 1.165) is 31.6 Å². The third-order valence-electron chi connectivity index (χ3n) is 7.26. The van der Waals surface area contributed by atoms with Gasteiger partial charge in [0, 0.05) is 25.6 Å². The van der Waals surface area contributed by atoms with Crippen molar-refractivity contribution in [1.82, 2.24) is 10.2 Å². The zero-order valence-corrected chi connectivity index (χ0v) is 19.8. The van der Waals surface area contributed by atoms with Gasteiger partial charge in [-0.05, 0) is 72.0 Å². The van der Waals surface area contributed by atoms with Gasteiger partial charge in [-0.25, -0.2) is 0 Å². The van der Waals surface area contributed by atoms with Crippen molar-refractivity contribution < 1.29 is 15.0 Å². The highest BCUT2D eigenvalue weighted by Crippen LogP contribution is 2.40. The Hall–Kier alpha value is -2.53. The summed E-state index contributed by atoms with van der Waals surface area (Å²) in [5.74, 6) is 1.44. The molecule has 1 saturated heterocycles. The van der Waals surface area contributed by atoms with E-state index >= 15 is 0 Å². The number of phenolic OH excluding ortho intramolecular Hbond substituents is 2. The molecule has 0 spiro atoms. The second-order valence-corrected chi connectivity index (χ2v) is 9.96. The Balaban J connectivity index is 1.54. The molecule has 3 rings (SSSR count). The number of aryl methyl sites for hydroxylation is 1. The van der Waals surface area contributed by atoms with Crippen molar-refractivity contribution in [2.24, 2.45) is 11.8 Å². The highest BCUT2D eigenvalue weighted by atomic mass is 16.3. The molecule has 2 aromatic rings. The van der Waals surface area contributed by atoms with Crippen LogP contribution in [0.25, 0.3) is 0 Å². The molecular formula is C27H38N2O3. The number of hydrogen-bond acceptors (Lipinski definition) is 4. The molecule has 0 aromatic heterocycles. The van der Waals surface area contributed by atoms with Gasteiger partial charge in [0.15, 0.2) is 0 Å². The Kier molecular flexibility index (Phi) is 7.83. The van der Waals surface area contributed by atoms with Crippen LogP contribution in [0.1, 0.15) is 51.7 Å². The van der Waals surface area contributed by atoms with E-state index < -0.39 is 0 Å². The number of nitrogens with one attached hydrogen (secondary N) is 1. The van der Waals surface area contributed by atoms with Gasteiger partial charge in [0.2, 0.25) is 5.91 Å². The fourth-order valence-electron chi connectivity index (χ4n) is 4.67. The van der Waals surface area contributed by atoms with E-state index in [1.807, 2.05) is 24.3 Å². The zero-order valence-electron chi connectivity index (χ0n) is 19.8. The van der Waals surface area contributed by atoms with Crippen LogP contribution in [0, 0.1) is 11.8 Å². The van der Waals surface area contributed by atoms with Gasteiger partial charge in [-0.3, -0.25) is 4.79 Å². The largest absolute Gasteiger partial charge is 0.508 e. The van der Waals surface area contributed by atoms with Crippen LogP contribution < -0.4 is 5.32 Å². The van der Waals surface area contributed by atoms with Crippen molar-refractivity contribution in [1.29, 1.82) is 0 Å². The molecule has 1 amide bonds. The molecule has 3 atom stereocenters. The Bertz CT molecular complexity index is 896. The number of benzene rings is 2. The molecule has 1 fully saturated rings. The quantitative estimate of drug-likeness (QED) is 0.569. The van der Waals surface area contributed by atoms with Gasteiger partial charge in [0.05, 0.1) is 0 Å². The summed E-state index contributed by atoms with van der Waals surface area (Å²) in [6.45, 7) is 11.7. The molecule has 5 heteroatoms. The van der Waals surface area contributed by atoms with Gasteiger partial charge < -0.3 is 20.4 Å². The van der Waals surface area contributed by atoms with Crippen LogP contribution in [0.3, 0.4) is 0 Å². The highest BCUT2D eigenvalue weighted by Gasteiger charge is 2.38. The molecule has 0 radical (unpaired) electrons. The molecule has 32 heavy (non-hydrogen) atoms. The molecule has 2 aromatic carbocycles. The summed E-state index contributed by atoms with van der Waals surface area (Å²) >= 11 is 0. The van der Waals surface area contributed by atoms with Gasteiger partial charge in [0.1, 0.15) is 11.5 Å². The number of hydrogen-bond donors (Lipinski definition) is 3. The normalized spacial score (nSPS) is 22.6. The summed E-state index contributed by atoms with van der Waals surface area (Å²) in [5.41, 5.74) is 2.29. The Labute approximate surface area is 192 Å². The minimum Gasteiger partial charge on any atom is -0.508 e. The summed E-state index contributed by atoms with van der Waals surface area (Å²) in [5, 5.41) is 22.6. The maximum atomic E-state index is 12.6. The number of carbonyl (C=O) groups excluding carboxylic acids is 1. The molecule has 0 aliphatic carbocycles. The minimum absolute atomic E-state index is 0.0376. The molecule has 1 heterocycles. The third-order valence-corrected chi connectivity index (χ3v) is 7.26. The first-order valence-corrected chi connectivity index (χ1v) is 11.8. The van der Waals surface area contributed by atoms with E-state index in [-0.39, 0.29) is 23.1 Å². The second kappa shape index (κ2) is 10.4. The molecule has 3 N–H and O–H groups in total. The van der Waals surface area contributed by atoms with E-state index in [9.17, 15) is 15.0 Å². The SMILES string of the molecule is CC(C)C(CN1CC[C@@](C)(c2cccc(O)c2)[C@@H](C)C1)NC(=O)CCc1ccc(O)cc1. The number of aromatic hydroxyl groups is 2.